The first-order chi connectivity index (χ1) is 6.84. The summed E-state index contributed by atoms with van der Waals surface area (Å²) in [6, 6.07) is 1.70. The summed E-state index contributed by atoms with van der Waals surface area (Å²) >= 11 is 0. The van der Waals surface area contributed by atoms with E-state index in [1.165, 1.54) is 12.8 Å². The molecule has 4 nitrogen and oxygen atoms in total. The number of hydrogen-bond donors (Lipinski definition) is 1. The lowest BCUT2D eigenvalue weighted by Gasteiger charge is -2.21. The van der Waals surface area contributed by atoms with Crippen molar-refractivity contribution in [2.24, 2.45) is 0 Å². The maximum Gasteiger partial charge on any atom is 0.133 e. The summed E-state index contributed by atoms with van der Waals surface area (Å²) in [5.41, 5.74) is 5.57. The molecule has 2 heterocycles. The Balaban J connectivity index is 1.95. The topological polar surface area (TPSA) is 61.0 Å². The van der Waals surface area contributed by atoms with Crippen LogP contribution in [-0.4, -0.2) is 22.7 Å². The quantitative estimate of drug-likeness (QED) is 0.766. The van der Waals surface area contributed by atoms with E-state index in [0.29, 0.717) is 5.82 Å². The van der Waals surface area contributed by atoms with Crippen LogP contribution >= 0.6 is 0 Å². The van der Waals surface area contributed by atoms with Gasteiger partial charge in [0.1, 0.15) is 11.6 Å². The third-order valence-electron chi connectivity index (χ3n) is 2.41. The van der Waals surface area contributed by atoms with Crippen LogP contribution in [0, 0.1) is 0 Å². The van der Waals surface area contributed by atoms with Gasteiger partial charge in [-0.1, -0.05) is 0 Å². The Morgan fingerprint density at radius 1 is 1.50 bits per heavy atom. The van der Waals surface area contributed by atoms with Gasteiger partial charge in [-0.3, -0.25) is 0 Å². The van der Waals surface area contributed by atoms with Crippen LogP contribution < -0.4 is 5.73 Å². The van der Waals surface area contributed by atoms with E-state index in [1.807, 2.05) is 0 Å². The molecule has 1 aliphatic heterocycles. The molecule has 0 spiro atoms. The standard InChI is InChI=1S/C10H15N3O/c11-9-4-5-12-10(13-9)7-8-3-1-2-6-14-8/h4-5,8H,1-3,6-7H2,(H2,11,12,13). The molecule has 1 atom stereocenters. The van der Waals surface area contributed by atoms with Gasteiger partial charge in [0.25, 0.3) is 0 Å². The molecule has 1 fully saturated rings. The van der Waals surface area contributed by atoms with Gasteiger partial charge in [0.15, 0.2) is 0 Å². The van der Waals surface area contributed by atoms with Crippen LogP contribution in [0.5, 0.6) is 0 Å². The first kappa shape index (κ1) is 9.40. The number of aromatic nitrogens is 2. The van der Waals surface area contributed by atoms with Crippen LogP contribution in [0.15, 0.2) is 12.3 Å². The third kappa shape index (κ3) is 2.42. The smallest absolute Gasteiger partial charge is 0.133 e. The number of nitrogen functional groups attached to an aromatic ring is 1. The molecule has 0 amide bonds. The molecule has 0 aromatic carbocycles. The van der Waals surface area contributed by atoms with Gasteiger partial charge in [0.05, 0.1) is 6.10 Å². The maximum atomic E-state index is 5.60. The summed E-state index contributed by atoms with van der Waals surface area (Å²) in [5.74, 6) is 1.32. The molecule has 1 aromatic heterocycles. The average Bonchev–Trinajstić information content (AvgIpc) is 2.19. The van der Waals surface area contributed by atoms with Crippen LogP contribution in [0.4, 0.5) is 5.82 Å². The predicted molar refractivity (Wildman–Crippen MR) is 53.7 cm³/mol. The number of hydrogen-bond acceptors (Lipinski definition) is 4. The van der Waals surface area contributed by atoms with Gasteiger partial charge in [-0.15, -0.1) is 0 Å². The van der Waals surface area contributed by atoms with E-state index in [2.05, 4.69) is 9.97 Å². The number of nitrogens with zero attached hydrogens (tertiary/aromatic N) is 2. The Morgan fingerprint density at radius 2 is 2.43 bits per heavy atom. The van der Waals surface area contributed by atoms with Gasteiger partial charge in [-0.2, -0.15) is 0 Å². The van der Waals surface area contributed by atoms with Crippen LogP contribution in [0.3, 0.4) is 0 Å². The number of nitrogens with two attached hydrogens (primary N) is 1. The zero-order valence-corrected chi connectivity index (χ0v) is 8.15. The summed E-state index contributed by atoms with van der Waals surface area (Å²) < 4.78 is 5.60. The summed E-state index contributed by atoms with van der Waals surface area (Å²) in [7, 11) is 0. The third-order valence-corrected chi connectivity index (χ3v) is 2.41. The van der Waals surface area contributed by atoms with Crippen molar-refractivity contribution >= 4 is 5.82 Å². The molecule has 2 N–H and O–H groups in total. The highest BCUT2D eigenvalue weighted by molar-refractivity contribution is 5.25. The highest BCUT2D eigenvalue weighted by Crippen LogP contribution is 2.15. The second-order valence-electron chi connectivity index (χ2n) is 3.59. The molecule has 1 saturated heterocycles. The largest absolute Gasteiger partial charge is 0.384 e. The second-order valence-corrected chi connectivity index (χ2v) is 3.59. The van der Waals surface area contributed by atoms with Gasteiger partial charge in [0.2, 0.25) is 0 Å². The van der Waals surface area contributed by atoms with E-state index in [-0.39, 0.29) is 6.10 Å². The highest BCUT2D eigenvalue weighted by Gasteiger charge is 2.15. The highest BCUT2D eigenvalue weighted by atomic mass is 16.5. The van der Waals surface area contributed by atoms with E-state index in [1.54, 1.807) is 12.3 Å². The molecule has 1 unspecified atom stereocenters. The molecule has 0 aliphatic carbocycles. The SMILES string of the molecule is Nc1ccnc(CC2CCCCO2)n1. The van der Waals surface area contributed by atoms with Crippen molar-refractivity contribution in [3.8, 4) is 0 Å². The van der Waals surface area contributed by atoms with E-state index in [0.717, 1.165) is 25.3 Å². The fourth-order valence-corrected chi connectivity index (χ4v) is 1.69. The minimum Gasteiger partial charge on any atom is -0.384 e. The minimum atomic E-state index is 0.283. The Hall–Kier alpha value is -1.16. The number of anilines is 1. The average molecular weight is 193 g/mol. The lowest BCUT2D eigenvalue weighted by atomic mass is 10.1. The van der Waals surface area contributed by atoms with Crippen molar-refractivity contribution in [3.63, 3.8) is 0 Å². The summed E-state index contributed by atoms with van der Waals surface area (Å²) in [5, 5.41) is 0. The first-order valence-electron chi connectivity index (χ1n) is 5.03. The molecule has 76 valence electrons. The normalized spacial score (nSPS) is 22.1. The van der Waals surface area contributed by atoms with E-state index in [4.69, 9.17) is 10.5 Å². The molecule has 0 saturated carbocycles. The molecule has 1 aromatic rings. The maximum absolute atomic E-state index is 5.60. The van der Waals surface area contributed by atoms with Gasteiger partial charge in [0, 0.05) is 19.2 Å². The van der Waals surface area contributed by atoms with Gasteiger partial charge in [-0.05, 0) is 25.3 Å². The molecule has 2 rings (SSSR count). The fraction of sp³-hybridized carbons (Fsp3) is 0.600. The monoisotopic (exact) mass is 193 g/mol. The Morgan fingerprint density at radius 3 is 3.14 bits per heavy atom. The van der Waals surface area contributed by atoms with Crippen molar-refractivity contribution < 1.29 is 4.74 Å². The summed E-state index contributed by atoms with van der Waals surface area (Å²) in [6.07, 6.45) is 6.29. The molecule has 14 heavy (non-hydrogen) atoms. The molecular weight excluding hydrogens is 178 g/mol. The van der Waals surface area contributed by atoms with E-state index in [9.17, 15) is 0 Å². The zero-order chi connectivity index (χ0) is 9.80. The van der Waals surface area contributed by atoms with Crippen LogP contribution in [0.1, 0.15) is 25.1 Å². The Kier molecular flexibility index (Phi) is 2.93. The predicted octanol–water partition coefficient (Wildman–Crippen LogP) is 1.17. The minimum absolute atomic E-state index is 0.283. The Bertz CT molecular complexity index is 297. The molecule has 4 heteroatoms. The van der Waals surface area contributed by atoms with Crippen LogP contribution in [-0.2, 0) is 11.2 Å². The van der Waals surface area contributed by atoms with Gasteiger partial charge >= 0.3 is 0 Å². The number of rotatable bonds is 2. The summed E-state index contributed by atoms with van der Waals surface area (Å²) in [6.45, 7) is 0.868. The van der Waals surface area contributed by atoms with Crippen molar-refractivity contribution in [2.45, 2.75) is 31.8 Å². The fourth-order valence-electron chi connectivity index (χ4n) is 1.69. The molecule has 0 bridgehead atoms. The zero-order valence-electron chi connectivity index (χ0n) is 8.15. The van der Waals surface area contributed by atoms with Crippen molar-refractivity contribution in [3.05, 3.63) is 18.1 Å². The van der Waals surface area contributed by atoms with E-state index >= 15 is 0 Å². The lowest BCUT2D eigenvalue weighted by molar-refractivity contribution is 0.0156. The Labute approximate surface area is 83.5 Å². The lowest BCUT2D eigenvalue weighted by Crippen LogP contribution is -2.22. The van der Waals surface area contributed by atoms with Gasteiger partial charge < -0.3 is 10.5 Å². The first-order valence-corrected chi connectivity index (χ1v) is 5.03. The van der Waals surface area contributed by atoms with Crippen LogP contribution in [0.25, 0.3) is 0 Å². The molecule has 1 aliphatic rings. The molecule has 0 radical (unpaired) electrons. The van der Waals surface area contributed by atoms with Crippen molar-refractivity contribution in [1.82, 2.24) is 9.97 Å². The van der Waals surface area contributed by atoms with Gasteiger partial charge in [-0.25, -0.2) is 9.97 Å². The van der Waals surface area contributed by atoms with Crippen LogP contribution in [0.2, 0.25) is 0 Å². The van der Waals surface area contributed by atoms with Crippen molar-refractivity contribution in [1.29, 1.82) is 0 Å². The van der Waals surface area contributed by atoms with Crippen molar-refractivity contribution in [2.75, 3.05) is 12.3 Å². The molecular formula is C10H15N3O. The van der Waals surface area contributed by atoms with E-state index < -0.39 is 0 Å². The summed E-state index contributed by atoms with van der Waals surface area (Å²) in [4.78, 5) is 8.32. The number of ether oxygens (including phenoxy) is 1. The second kappa shape index (κ2) is 4.37.